The summed E-state index contributed by atoms with van der Waals surface area (Å²) in [5.41, 5.74) is 3.17. The zero-order valence-electron chi connectivity index (χ0n) is 11.2. The monoisotopic (exact) mass is 292 g/mol. The van der Waals surface area contributed by atoms with Gasteiger partial charge in [-0.25, -0.2) is 9.97 Å². The fraction of sp³-hybridized carbons (Fsp3) is 0.0625. The summed E-state index contributed by atoms with van der Waals surface area (Å²) in [4.78, 5) is 13.1. The Hall–Kier alpha value is -2.53. The van der Waals surface area contributed by atoms with Crippen LogP contribution in [0.25, 0.3) is 21.1 Å². The lowest BCUT2D eigenvalue weighted by Crippen LogP contribution is -2.02. The van der Waals surface area contributed by atoms with E-state index in [1.165, 1.54) is 0 Å². The van der Waals surface area contributed by atoms with Gasteiger partial charge in [0, 0.05) is 18.1 Å². The van der Waals surface area contributed by atoms with E-state index in [9.17, 15) is 0 Å². The Kier molecular flexibility index (Phi) is 2.97. The molecule has 0 unspecified atom stereocenters. The van der Waals surface area contributed by atoms with Crippen LogP contribution < -0.4 is 5.32 Å². The van der Waals surface area contributed by atoms with Crippen molar-refractivity contribution in [3.05, 3.63) is 59.9 Å². The number of rotatable bonds is 3. The molecule has 0 aliphatic carbocycles. The molecule has 0 radical (unpaired) electrons. The number of aromatic nitrogens is 3. The molecule has 0 bridgehead atoms. The summed E-state index contributed by atoms with van der Waals surface area (Å²) in [5, 5.41) is 6.59. The number of hydrogen-bond acceptors (Lipinski definition) is 5. The first-order chi connectivity index (χ1) is 10.4. The van der Waals surface area contributed by atoms with E-state index in [1.807, 2.05) is 23.7 Å². The molecule has 0 saturated heterocycles. The van der Waals surface area contributed by atoms with E-state index in [0.717, 1.165) is 32.5 Å². The van der Waals surface area contributed by atoms with Gasteiger partial charge in [-0.1, -0.05) is 24.3 Å². The van der Waals surface area contributed by atoms with Crippen LogP contribution in [0.5, 0.6) is 0 Å². The molecule has 0 amide bonds. The number of anilines is 1. The lowest BCUT2D eigenvalue weighted by Gasteiger charge is -2.08. The molecule has 21 heavy (non-hydrogen) atoms. The predicted octanol–water partition coefficient (Wildman–Crippen LogP) is 3.85. The van der Waals surface area contributed by atoms with E-state index in [1.54, 1.807) is 17.7 Å². The maximum atomic E-state index is 4.48. The maximum absolute atomic E-state index is 4.48. The molecule has 1 aromatic carbocycles. The van der Waals surface area contributed by atoms with E-state index >= 15 is 0 Å². The Bertz CT molecular complexity index is 911. The first kappa shape index (κ1) is 12.2. The fourth-order valence-corrected chi connectivity index (χ4v) is 3.21. The van der Waals surface area contributed by atoms with Crippen molar-refractivity contribution < 1.29 is 0 Å². The molecule has 4 rings (SSSR count). The third-order valence-electron chi connectivity index (χ3n) is 3.41. The van der Waals surface area contributed by atoms with Gasteiger partial charge in [-0.2, -0.15) is 0 Å². The second kappa shape index (κ2) is 5.10. The van der Waals surface area contributed by atoms with E-state index < -0.39 is 0 Å². The molecule has 102 valence electrons. The third-order valence-corrected chi connectivity index (χ3v) is 4.32. The van der Waals surface area contributed by atoms with Crippen molar-refractivity contribution >= 4 is 38.3 Å². The first-order valence-corrected chi connectivity index (χ1v) is 7.54. The molecule has 3 heterocycles. The van der Waals surface area contributed by atoms with Gasteiger partial charge in [0.1, 0.15) is 12.1 Å². The molecular formula is C16H12N4S. The Morgan fingerprint density at radius 1 is 1.00 bits per heavy atom. The Labute approximate surface area is 125 Å². The second-order valence-corrected chi connectivity index (χ2v) is 5.62. The van der Waals surface area contributed by atoms with Gasteiger partial charge >= 0.3 is 0 Å². The average molecular weight is 292 g/mol. The molecule has 0 fully saturated rings. The minimum Gasteiger partial charge on any atom is -0.365 e. The quantitative estimate of drug-likeness (QED) is 0.623. The molecule has 0 saturated carbocycles. The number of thiophene rings is 1. The van der Waals surface area contributed by atoms with Gasteiger partial charge in [0.15, 0.2) is 0 Å². The van der Waals surface area contributed by atoms with Crippen molar-refractivity contribution in [1.29, 1.82) is 0 Å². The van der Waals surface area contributed by atoms with Crippen LogP contribution >= 0.6 is 11.3 Å². The highest BCUT2D eigenvalue weighted by Crippen LogP contribution is 2.25. The fourth-order valence-electron chi connectivity index (χ4n) is 2.40. The highest BCUT2D eigenvalue weighted by Gasteiger charge is 2.06. The summed E-state index contributed by atoms with van der Waals surface area (Å²) in [6.07, 6.45) is 3.42. The van der Waals surface area contributed by atoms with Gasteiger partial charge in [0.05, 0.1) is 15.7 Å². The summed E-state index contributed by atoms with van der Waals surface area (Å²) < 4.78 is 1.09. The number of nitrogens with zero attached hydrogens (tertiary/aromatic N) is 3. The van der Waals surface area contributed by atoms with Crippen LogP contribution in [0.4, 0.5) is 5.82 Å². The topological polar surface area (TPSA) is 50.7 Å². The predicted molar refractivity (Wildman–Crippen MR) is 86.5 cm³/mol. The highest BCUT2D eigenvalue weighted by atomic mass is 32.1. The molecule has 0 spiro atoms. The molecule has 0 aliphatic heterocycles. The van der Waals surface area contributed by atoms with Gasteiger partial charge in [0.25, 0.3) is 0 Å². The molecule has 4 nitrogen and oxygen atoms in total. The van der Waals surface area contributed by atoms with Crippen molar-refractivity contribution in [2.75, 3.05) is 5.32 Å². The normalized spacial score (nSPS) is 11.0. The van der Waals surface area contributed by atoms with Crippen LogP contribution in [0, 0.1) is 0 Å². The van der Waals surface area contributed by atoms with Gasteiger partial charge < -0.3 is 5.32 Å². The van der Waals surface area contributed by atoms with Crippen LogP contribution in [0.2, 0.25) is 0 Å². The summed E-state index contributed by atoms with van der Waals surface area (Å²) in [7, 11) is 0. The number of pyridine rings is 1. The van der Waals surface area contributed by atoms with Crippen molar-refractivity contribution in [2.24, 2.45) is 0 Å². The standard InChI is InChI=1S/C16H12N4S/c1-3-11-5-2-7-17-14(11)12(4-1)9-18-16-15-13(6-8-21-15)19-10-20-16/h1-8,10H,9H2,(H,18,19,20). The van der Waals surface area contributed by atoms with Crippen molar-refractivity contribution in [3.8, 4) is 0 Å². The van der Waals surface area contributed by atoms with Crippen LogP contribution in [-0.2, 0) is 6.54 Å². The minimum atomic E-state index is 0.693. The summed E-state index contributed by atoms with van der Waals surface area (Å²) in [5.74, 6) is 0.878. The second-order valence-electron chi connectivity index (χ2n) is 4.70. The van der Waals surface area contributed by atoms with Crippen molar-refractivity contribution in [1.82, 2.24) is 15.0 Å². The SMILES string of the molecule is c1cnc2c(CNc3ncnc4ccsc34)cccc2c1. The van der Waals surface area contributed by atoms with Crippen LogP contribution in [0.1, 0.15) is 5.56 Å². The number of para-hydroxylation sites is 1. The maximum Gasteiger partial charge on any atom is 0.147 e. The minimum absolute atomic E-state index is 0.693. The number of fused-ring (bicyclic) bond motifs is 2. The van der Waals surface area contributed by atoms with Gasteiger partial charge in [-0.3, -0.25) is 4.98 Å². The number of nitrogens with one attached hydrogen (secondary N) is 1. The molecular weight excluding hydrogens is 280 g/mol. The summed E-state index contributed by atoms with van der Waals surface area (Å²) in [6.45, 7) is 0.693. The molecule has 1 N–H and O–H groups in total. The lowest BCUT2D eigenvalue weighted by atomic mass is 10.1. The molecule has 3 aromatic heterocycles. The molecule has 0 atom stereocenters. The van der Waals surface area contributed by atoms with E-state index in [2.05, 4.69) is 44.5 Å². The average Bonchev–Trinajstić information content (AvgIpc) is 3.02. The molecule has 5 heteroatoms. The van der Waals surface area contributed by atoms with Gasteiger partial charge in [0.2, 0.25) is 0 Å². The lowest BCUT2D eigenvalue weighted by molar-refractivity contribution is 1.11. The van der Waals surface area contributed by atoms with Crippen molar-refractivity contribution in [2.45, 2.75) is 6.54 Å². The van der Waals surface area contributed by atoms with Crippen LogP contribution in [-0.4, -0.2) is 15.0 Å². The number of benzene rings is 1. The smallest absolute Gasteiger partial charge is 0.147 e. The molecule has 0 aliphatic rings. The zero-order valence-corrected chi connectivity index (χ0v) is 12.0. The summed E-state index contributed by atoms with van der Waals surface area (Å²) in [6, 6.07) is 12.3. The Balaban J connectivity index is 1.68. The van der Waals surface area contributed by atoms with Gasteiger partial charge in [-0.15, -0.1) is 11.3 Å². The van der Waals surface area contributed by atoms with Crippen LogP contribution in [0.3, 0.4) is 0 Å². The van der Waals surface area contributed by atoms with Gasteiger partial charge in [-0.05, 0) is 23.1 Å². The zero-order chi connectivity index (χ0) is 14.1. The van der Waals surface area contributed by atoms with Crippen molar-refractivity contribution in [3.63, 3.8) is 0 Å². The van der Waals surface area contributed by atoms with E-state index in [0.29, 0.717) is 6.54 Å². The summed E-state index contributed by atoms with van der Waals surface area (Å²) >= 11 is 1.65. The molecule has 4 aromatic rings. The third kappa shape index (κ3) is 2.21. The highest BCUT2D eigenvalue weighted by molar-refractivity contribution is 7.17. The van der Waals surface area contributed by atoms with E-state index in [-0.39, 0.29) is 0 Å². The first-order valence-electron chi connectivity index (χ1n) is 6.66. The Morgan fingerprint density at radius 2 is 1.95 bits per heavy atom. The number of hydrogen-bond donors (Lipinski definition) is 1. The van der Waals surface area contributed by atoms with Crippen LogP contribution in [0.15, 0.2) is 54.3 Å². The van der Waals surface area contributed by atoms with E-state index in [4.69, 9.17) is 0 Å². The largest absolute Gasteiger partial charge is 0.365 e. The Morgan fingerprint density at radius 3 is 2.95 bits per heavy atom.